The molecule has 110 valence electrons. The topological polar surface area (TPSA) is 52.3 Å². The van der Waals surface area contributed by atoms with Crippen LogP contribution in [0, 0.1) is 5.82 Å². The standard InChI is InChI=1S/C15H13ClFNO2S/c1-20-15(19)10-6-5-9(7-12(10)17)8-21-14-11(16)3-2-4-13(14)18/h2-7H,8,18H2,1H3. The second-order valence-corrected chi connectivity index (χ2v) is 5.65. The zero-order valence-electron chi connectivity index (χ0n) is 11.2. The van der Waals surface area contributed by atoms with Crippen molar-refractivity contribution in [3.8, 4) is 0 Å². The lowest BCUT2D eigenvalue weighted by molar-refractivity contribution is 0.0595. The van der Waals surface area contributed by atoms with E-state index in [0.717, 1.165) is 10.5 Å². The number of nitrogen functional groups attached to an aromatic ring is 1. The van der Waals surface area contributed by atoms with E-state index in [1.54, 1.807) is 24.3 Å². The number of methoxy groups -OCH3 is 1. The molecule has 2 aromatic rings. The summed E-state index contributed by atoms with van der Waals surface area (Å²) in [4.78, 5) is 12.1. The predicted molar refractivity (Wildman–Crippen MR) is 83.2 cm³/mol. The van der Waals surface area contributed by atoms with Gasteiger partial charge >= 0.3 is 5.97 Å². The van der Waals surface area contributed by atoms with E-state index in [-0.39, 0.29) is 5.56 Å². The molecule has 2 rings (SSSR count). The van der Waals surface area contributed by atoms with Crippen molar-refractivity contribution in [1.29, 1.82) is 0 Å². The SMILES string of the molecule is COC(=O)c1ccc(CSc2c(N)cccc2Cl)cc1F. The van der Waals surface area contributed by atoms with E-state index in [4.69, 9.17) is 17.3 Å². The van der Waals surface area contributed by atoms with Gasteiger partial charge in [0.25, 0.3) is 0 Å². The number of hydrogen-bond donors (Lipinski definition) is 1. The summed E-state index contributed by atoms with van der Waals surface area (Å²) in [7, 11) is 1.21. The molecule has 0 aromatic heterocycles. The summed E-state index contributed by atoms with van der Waals surface area (Å²) in [6.07, 6.45) is 0. The van der Waals surface area contributed by atoms with Crippen molar-refractivity contribution in [3.63, 3.8) is 0 Å². The number of esters is 1. The summed E-state index contributed by atoms with van der Waals surface area (Å²) in [6, 6.07) is 9.68. The number of carbonyl (C=O) groups is 1. The zero-order valence-corrected chi connectivity index (χ0v) is 12.8. The van der Waals surface area contributed by atoms with E-state index < -0.39 is 11.8 Å². The molecule has 0 saturated heterocycles. The Morgan fingerprint density at radius 2 is 2.14 bits per heavy atom. The number of carbonyl (C=O) groups excluding carboxylic acids is 1. The summed E-state index contributed by atoms with van der Waals surface area (Å²) in [5.74, 6) is -0.805. The van der Waals surface area contributed by atoms with Gasteiger partial charge in [-0.3, -0.25) is 0 Å². The predicted octanol–water partition coefficient (Wildman–Crippen LogP) is 4.14. The van der Waals surface area contributed by atoms with Crippen molar-refractivity contribution in [2.75, 3.05) is 12.8 Å². The number of ether oxygens (including phenoxy) is 1. The minimum atomic E-state index is -0.693. The van der Waals surface area contributed by atoms with Crippen LogP contribution in [0.2, 0.25) is 5.02 Å². The van der Waals surface area contributed by atoms with E-state index >= 15 is 0 Å². The van der Waals surface area contributed by atoms with Crippen LogP contribution in [0.5, 0.6) is 0 Å². The maximum Gasteiger partial charge on any atom is 0.340 e. The van der Waals surface area contributed by atoms with E-state index in [0.29, 0.717) is 16.5 Å². The average molecular weight is 326 g/mol. The largest absolute Gasteiger partial charge is 0.465 e. The summed E-state index contributed by atoms with van der Waals surface area (Å²) in [6.45, 7) is 0. The average Bonchev–Trinajstić information content (AvgIpc) is 2.46. The van der Waals surface area contributed by atoms with Gasteiger partial charge in [-0.2, -0.15) is 0 Å². The summed E-state index contributed by atoms with van der Waals surface area (Å²) >= 11 is 7.49. The Balaban J connectivity index is 2.14. The molecule has 21 heavy (non-hydrogen) atoms. The third-order valence-corrected chi connectivity index (χ3v) is 4.47. The number of thioether (sulfide) groups is 1. The number of halogens is 2. The third kappa shape index (κ3) is 3.68. The molecule has 0 radical (unpaired) electrons. The minimum Gasteiger partial charge on any atom is -0.465 e. The molecule has 2 aromatic carbocycles. The highest BCUT2D eigenvalue weighted by Gasteiger charge is 2.13. The van der Waals surface area contributed by atoms with E-state index in [2.05, 4.69) is 4.74 Å². The Morgan fingerprint density at radius 1 is 1.38 bits per heavy atom. The molecule has 0 aliphatic rings. The highest BCUT2D eigenvalue weighted by molar-refractivity contribution is 7.98. The maximum absolute atomic E-state index is 13.8. The fraction of sp³-hybridized carbons (Fsp3) is 0.133. The molecule has 0 spiro atoms. The van der Waals surface area contributed by atoms with Crippen molar-refractivity contribution < 1.29 is 13.9 Å². The Labute approximate surface area is 131 Å². The van der Waals surface area contributed by atoms with Crippen molar-refractivity contribution in [1.82, 2.24) is 0 Å². The van der Waals surface area contributed by atoms with Crippen molar-refractivity contribution in [2.24, 2.45) is 0 Å². The maximum atomic E-state index is 13.8. The van der Waals surface area contributed by atoms with Gasteiger partial charge in [0.15, 0.2) is 0 Å². The summed E-state index contributed by atoms with van der Waals surface area (Å²) in [5, 5.41) is 0.562. The Morgan fingerprint density at radius 3 is 2.76 bits per heavy atom. The second-order valence-electron chi connectivity index (χ2n) is 4.25. The number of nitrogens with two attached hydrogens (primary N) is 1. The first-order valence-electron chi connectivity index (χ1n) is 6.06. The van der Waals surface area contributed by atoms with Crippen LogP contribution in [0.3, 0.4) is 0 Å². The molecule has 6 heteroatoms. The molecule has 0 saturated carbocycles. The zero-order chi connectivity index (χ0) is 15.4. The third-order valence-electron chi connectivity index (χ3n) is 2.82. The lowest BCUT2D eigenvalue weighted by Crippen LogP contribution is -2.04. The van der Waals surface area contributed by atoms with E-state index in [9.17, 15) is 9.18 Å². The molecule has 0 aliphatic carbocycles. The molecular formula is C15H13ClFNO2S. The first-order chi connectivity index (χ1) is 10.0. The molecular weight excluding hydrogens is 313 g/mol. The van der Waals surface area contributed by atoms with Crippen LogP contribution in [0.15, 0.2) is 41.3 Å². The number of anilines is 1. The molecule has 2 N–H and O–H groups in total. The fourth-order valence-electron chi connectivity index (χ4n) is 1.76. The highest BCUT2D eigenvalue weighted by Crippen LogP contribution is 2.34. The summed E-state index contributed by atoms with van der Waals surface area (Å²) < 4.78 is 18.3. The first-order valence-corrected chi connectivity index (χ1v) is 7.43. The molecule has 0 fully saturated rings. The van der Waals surface area contributed by atoms with Crippen molar-refractivity contribution >= 4 is 35.0 Å². The summed E-state index contributed by atoms with van der Waals surface area (Å²) in [5.41, 5.74) is 7.09. The van der Waals surface area contributed by atoms with Crippen LogP contribution >= 0.6 is 23.4 Å². The van der Waals surface area contributed by atoms with Crippen LogP contribution in [0.1, 0.15) is 15.9 Å². The van der Waals surface area contributed by atoms with Gasteiger partial charge in [0.1, 0.15) is 5.82 Å². The van der Waals surface area contributed by atoms with Gasteiger partial charge < -0.3 is 10.5 Å². The Bertz CT molecular complexity index is 658. The van der Waals surface area contributed by atoms with Gasteiger partial charge in [0.2, 0.25) is 0 Å². The van der Waals surface area contributed by atoms with Crippen LogP contribution in [0.25, 0.3) is 0 Å². The Kier molecular flexibility index (Phi) is 5.09. The van der Waals surface area contributed by atoms with Crippen LogP contribution in [-0.2, 0) is 10.5 Å². The molecule has 3 nitrogen and oxygen atoms in total. The first kappa shape index (κ1) is 15.7. The lowest BCUT2D eigenvalue weighted by Gasteiger charge is -2.08. The number of benzene rings is 2. The molecule has 0 unspecified atom stereocenters. The second kappa shape index (κ2) is 6.83. The highest BCUT2D eigenvalue weighted by atomic mass is 35.5. The minimum absolute atomic E-state index is 0.0801. The van der Waals surface area contributed by atoms with Crippen LogP contribution < -0.4 is 5.73 Å². The van der Waals surface area contributed by atoms with Gasteiger partial charge in [0, 0.05) is 16.3 Å². The van der Waals surface area contributed by atoms with Crippen LogP contribution in [0.4, 0.5) is 10.1 Å². The van der Waals surface area contributed by atoms with E-state index in [1.807, 2.05) is 0 Å². The smallest absolute Gasteiger partial charge is 0.340 e. The fourth-order valence-corrected chi connectivity index (χ4v) is 3.03. The number of hydrogen-bond acceptors (Lipinski definition) is 4. The van der Waals surface area contributed by atoms with Crippen molar-refractivity contribution in [3.05, 3.63) is 58.4 Å². The van der Waals surface area contributed by atoms with Gasteiger partial charge in [-0.25, -0.2) is 9.18 Å². The van der Waals surface area contributed by atoms with Crippen LogP contribution in [-0.4, -0.2) is 13.1 Å². The van der Waals surface area contributed by atoms with Crippen molar-refractivity contribution in [2.45, 2.75) is 10.6 Å². The quantitative estimate of drug-likeness (QED) is 0.521. The van der Waals surface area contributed by atoms with Gasteiger partial charge in [-0.1, -0.05) is 23.7 Å². The monoisotopic (exact) mass is 325 g/mol. The molecule has 0 atom stereocenters. The molecule has 0 aliphatic heterocycles. The normalized spacial score (nSPS) is 10.4. The molecule has 0 amide bonds. The van der Waals surface area contributed by atoms with Gasteiger partial charge in [-0.15, -0.1) is 11.8 Å². The molecule has 0 bridgehead atoms. The van der Waals surface area contributed by atoms with E-state index in [1.165, 1.54) is 31.0 Å². The van der Waals surface area contributed by atoms with Gasteiger partial charge in [0.05, 0.1) is 17.7 Å². The van der Waals surface area contributed by atoms with Gasteiger partial charge in [-0.05, 0) is 29.8 Å². The molecule has 0 heterocycles. The Hall–Kier alpha value is -1.72. The number of rotatable bonds is 4. The lowest BCUT2D eigenvalue weighted by atomic mass is 10.1.